The van der Waals surface area contributed by atoms with Crippen LogP contribution in [-0.4, -0.2) is 46.3 Å². The molecule has 1 amide bonds. The molecule has 1 unspecified atom stereocenters. The average molecular weight is 451 g/mol. The molecule has 0 bridgehead atoms. The van der Waals surface area contributed by atoms with Crippen LogP contribution in [0.1, 0.15) is 68.8 Å². The van der Waals surface area contributed by atoms with Gasteiger partial charge >= 0.3 is 0 Å². The third-order valence-corrected chi connectivity index (χ3v) is 8.22. The minimum Gasteiger partial charge on any atom is -0.325 e. The van der Waals surface area contributed by atoms with Gasteiger partial charge in [-0.2, -0.15) is 0 Å². The maximum absolute atomic E-state index is 12.7. The van der Waals surface area contributed by atoms with E-state index in [1.807, 2.05) is 17.7 Å². The maximum Gasteiger partial charge on any atom is 0.234 e. The second-order valence-electron chi connectivity index (χ2n) is 8.46. The van der Waals surface area contributed by atoms with Crippen LogP contribution in [-0.2, 0) is 21.7 Å². The van der Waals surface area contributed by atoms with Crippen LogP contribution in [0.3, 0.4) is 0 Å². The maximum atomic E-state index is 12.7. The Morgan fingerprint density at radius 1 is 1.20 bits per heavy atom. The molecular formula is C21H30N4O3S2. The van der Waals surface area contributed by atoms with E-state index in [0.29, 0.717) is 29.2 Å². The summed E-state index contributed by atoms with van der Waals surface area (Å²) < 4.78 is 25.3. The SMILES string of the molecule is CC(C)c1cccc(C(C)C)c1NC(=O)CSc1nnc(C2CCS(=O)(=O)C2)n1C. The Balaban J connectivity index is 1.69. The molecule has 164 valence electrons. The lowest BCUT2D eigenvalue weighted by molar-refractivity contribution is -0.113. The normalized spacial score (nSPS) is 18.3. The third-order valence-electron chi connectivity index (χ3n) is 5.44. The largest absolute Gasteiger partial charge is 0.325 e. The number of aromatic nitrogens is 3. The lowest BCUT2D eigenvalue weighted by Crippen LogP contribution is -2.18. The molecule has 1 aliphatic rings. The van der Waals surface area contributed by atoms with Crippen LogP contribution < -0.4 is 5.32 Å². The van der Waals surface area contributed by atoms with Gasteiger partial charge < -0.3 is 9.88 Å². The molecular weight excluding hydrogens is 420 g/mol. The Hall–Kier alpha value is -1.87. The number of thioether (sulfide) groups is 1. The molecule has 2 heterocycles. The van der Waals surface area contributed by atoms with Crippen LogP contribution in [0.25, 0.3) is 0 Å². The number of nitrogens with zero attached hydrogens (tertiary/aromatic N) is 3. The molecule has 9 heteroatoms. The monoisotopic (exact) mass is 450 g/mol. The molecule has 0 aliphatic carbocycles. The standard InChI is InChI=1S/C21H30N4O3S2/c1-13(2)16-7-6-8-17(14(3)4)19(16)22-18(26)11-29-21-24-23-20(25(21)5)15-9-10-30(27,28)12-15/h6-8,13-15H,9-12H2,1-5H3,(H,22,26). The van der Waals surface area contributed by atoms with Crippen molar-refractivity contribution in [1.29, 1.82) is 0 Å². The lowest BCUT2D eigenvalue weighted by atomic mass is 9.92. The number of anilines is 1. The summed E-state index contributed by atoms with van der Waals surface area (Å²) in [7, 11) is -1.16. The number of hydrogen-bond acceptors (Lipinski definition) is 6. The van der Waals surface area contributed by atoms with E-state index < -0.39 is 9.84 Å². The van der Waals surface area contributed by atoms with Gasteiger partial charge in [-0.25, -0.2) is 8.42 Å². The average Bonchev–Trinajstić information content (AvgIpc) is 3.21. The van der Waals surface area contributed by atoms with E-state index in [9.17, 15) is 13.2 Å². The summed E-state index contributed by atoms with van der Waals surface area (Å²) in [4.78, 5) is 12.7. The number of nitrogens with one attached hydrogen (secondary N) is 1. The van der Waals surface area contributed by atoms with E-state index in [-0.39, 0.29) is 29.1 Å². The second-order valence-corrected chi connectivity index (χ2v) is 11.6. The number of benzene rings is 1. The van der Waals surface area contributed by atoms with Crippen molar-refractivity contribution < 1.29 is 13.2 Å². The topological polar surface area (TPSA) is 94.0 Å². The van der Waals surface area contributed by atoms with Gasteiger partial charge in [0.05, 0.1) is 17.3 Å². The fraction of sp³-hybridized carbons (Fsp3) is 0.571. The number of hydrogen-bond donors (Lipinski definition) is 1. The number of rotatable bonds is 7. The van der Waals surface area contributed by atoms with Crippen molar-refractivity contribution in [1.82, 2.24) is 14.8 Å². The van der Waals surface area contributed by atoms with E-state index in [4.69, 9.17) is 0 Å². The van der Waals surface area contributed by atoms with Gasteiger partial charge in [0.25, 0.3) is 0 Å². The molecule has 2 aromatic rings. The van der Waals surface area contributed by atoms with E-state index in [1.54, 1.807) is 0 Å². The van der Waals surface area contributed by atoms with Gasteiger partial charge in [-0.3, -0.25) is 4.79 Å². The summed E-state index contributed by atoms with van der Waals surface area (Å²) in [5.41, 5.74) is 3.16. The van der Waals surface area contributed by atoms with Crippen molar-refractivity contribution in [2.75, 3.05) is 22.6 Å². The Morgan fingerprint density at radius 2 is 1.83 bits per heavy atom. The highest BCUT2D eigenvalue weighted by molar-refractivity contribution is 7.99. The Bertz CT molecular complexity index is 1000. The van der Waals surface area contributed by atoms with Crippen LogP contribution in [0.4, 0.5) is 5.69 Å². The first-order valence-corrected chi connectivity index (χ1v) is 13.0. The van der Waals surface area contributed by atoms with Crippen molar-refractivity contribution in [2.24, 2.45) is 7.05 Å². The lowest BCUT2D eigenvalue weighted by Gasteiger charge is -2.20. The van der Waals surface area contributed by atoms with Crippen LogP contribution in [0.2, 0.25) is 0 Å². The van der Waals surface area contributed by atoms with Crippen molar-refractivity contribution >= 4 is 33.2 Å². The quantitative estimate of drug-likeness (QED) is 0.647. The predicted octanol–water partition coefficient (Wildman–Crippen LogP) is 3.69. The summed E-state index contributed by atoms with van der Waals surface area (Å²) >= 11 is 1.31. The van der Waals surface area contributed by atoms with E-state index >= 15 is 0 Å². The minimum atomic E-state index is -2.99. The Labute approximate surface area is 183 Å². The number of carbonyl (C=O) groups excluding carboxylic acids is 1. The molecule has 1 aromatic heterocycles. The first kappa shape index (κ1) is 22.8. The van der Waals surface area contributed by atoms with Crippen LogP contribution in [0, 0.1) is 0 Å². The first-order valence-electron chi connectivity index (χ1n) is 10.2. The molecule has 1 atom stereocenters. The van der Waals surface area contributed by atoms with E-state index in [0.717, 1.165) is 16.8 Å². The molecule has 1 saturated heterocycles. The van der Waals surface area contributed by atoms with Crippen molar-refractivity contribution in [2.45, 2.75) is 57.0 Å². The van der Waals surface area contributed by atoms with Crippen molar-refractivity contribution in [3.8, 4) is 0 Å². The van der Waals surface area contributed by atoms with Crippen LogP contribution in [0.15, 0.2) is 23.4 Å². The van der Waals surface area contributed by atoms with Crippen molar-refractivity contribution in [3.05, 3.63) is 35.2 Å². The molecule has 0 spiro atoms. The molecule has 0 radical (unpaired) electrons. The Morgan fingerprint density at radius 3 is 2.37 bits per heavy atom. The van der Waals surface area contributed by atoms with Gasteiger partial charge in [0.1, 0.15) is 5.82 Å². The minimum absolute atomic E-state index is 0.0944. The Kier molecular flexibility index (Phi) is 6.91. The van der Waals surface area contributed by atoms with Gasteiger partial charge in [-0.05, 0) is 29.4 Å². The number of para-hydroxylation sites is 1. The number of carbonyl (C=O) groups is 1. The smallest absolute Gasteiger partial charge is 0.234 e. The predicted molar refractivity (Wildman–Crippen MR) is 121 cm³/mol. The number of amides is 1. The summed E-state index contributed by atoms with van der Waals surface area (Å²) in [6, 6.07) is 6.16. The zero-order valence-corrected chi connectivity index (χ0v) is 19.8. The molecule has 1 aromatic carbocycles. The zero-order chi connectivity index (χ0) is 22.1. The zero-order valence-electron chi connectivity index (χ0n) is 18.2. The van der Waals surface area contributed by atoms with Crippen LogP contribution in [0.5, 0.6) is 0 Å². The molecule has 3 rings (SSSR count). The van der Waals surface area contributed by atoms with Gasteiger partial charge in [0, 0.05) is 18.7 Å². The number of sulfone groups is 1. The summed E-state index contributed by atoms with van der Waals surface area (Å²) in [5, 5.41) is 12.1. The van der Waals surface area contributed by atoms with E-state index in [2.05, 4.69) is 55.3 Å². The molecule has 0 saturated carbocycles. The molecule has 7 nitrogen and oxygen atoms in total. The second kappa shape index (κ2) is 9.09. The first-order chi connectivity index (χ1) is 14.1. The summed E-state index contributed by atoms with van der Waals surface area (Å²) in [6.07, 6.45) is 0.573. The van der Waals surface area contributed by atoms with Gasteiger partial charge in [0.2, 0.25) is 5.91 Å². The van der Waals surface area contributed by atoms with E-state index in [1.165, 1.54) is 11.8 Å². The molecule has 1 fully saturated rings. The molecule has 1 N–H and O–H groups in total. The van der Waals surface area contributed by atoms with Crippen LogP contribution >= 0.6 is 11.8 Å². The fourth-order valence-electron chi connectivity index (χ4n) is 3.81. The highest BCUT2D eigenvalue weighted by Gasteiger charge is 2.32. The third kappa shape index (κ3) is 5.06. The highest BCUT2D eigenvalue weighted by atomic mass is 32.2. The van der Waals surface area contributed by atoms with Crippen molar-refractivity contribution in [3.63, 3.8) is 0 Å². The fourth-order valence-corrected chi connectivity index (χ4v) is 6.26. The summed E-state index contributed by atoms with van der Waals surface area (Å²) in [5.74, 6) is 1.58. The van der Waals surface area contributed by atoms with Gasteiger partial charge in [-0.1, -0.05) is 57.7 Å². The highest BCUT2D eigenvalue weighted by Crippen LogP contribution is 2.33. The molecule has 30 heavy (non-hydrogen) atoms. The van der Waals surface area contributed by atoms with Gasteiger partial charge in [-0.15, -0.1) is 10.2 Å². The molecule has 1 aliphatic heterocycles. The summed E-state index contributed by atoms with van der Waals surface area (Å²) in [6.45, 7) is 8.48. The van der Waals surface area contributed by atoms with Gasteiger partial charge in [0.15, 0.2) is 15.0 Å².